The molecule has 0 saturated heterocycles. The van der Waals surface area contributed by atoms with Crippen LogP contribution in [0.4, 0.5) is 0 Å². The molecule has 4 N–H and O–H groups in total. The SMILES string of the molecule is C=C(NC(=O)C(Cc1ccc(-c2ncc(C3=CCC(C4CCC(CCC)CC4)CCC3)cn2)cc1)NC(=O)c1ccc(C(C)(C)C)s1)C(O)O. The van der Waals surface area contributed by atoms with E-state index in [2.05, 4.69) is 51.0 Å². The van der Waals surface area contributed by atoms with Gasteiger partial charge in [-0.1, -0.05) is 90.3 Å². The van der Waals surface area contributed by atoms with Crippen molar-refractivity contribution in [3.05, 3.63) is 88.0 Å². The van der Waals surface area contributed by atoms with Crippen molar-refractivity contribution in [1.82, 2.24) is 20.6 Å². The van der Waals surface area contributed by atoms with Crippen LogP contribution in [-0.4, -0.2) is 44.3 Å². The third-order valence-corrected chi connectivity index (χ3v) is 11.9. The molecule has 1 aromatic carbocycles. The van der Waals surface area contributed by atoms with E-state index in [4.69, 9.17) is 9.97 Å². The van der Waals surface area contributed by atoms with E-state index in [1.807, 2.05) is 42.7 Å². The number of rotatable bonds is 12. The highest BCUT2D eigenvalue weighted by atomic mass is 32.1. The fraction of sp³-hybridized carbons (Fsp3) is 0.512. The Labute approximate surface area is 301 Å². The summed E-state index contributed by atoms with van der Waals surface area (Å²) in [5, 5.41) is 24.1. The highest BCUT2D eigenvalue weighted by molar-refractivity contribution is 7.14. The Morgan fingerprint density at radius 2 is 1.66 bits per heavy atom. The number of amides is 2. The van der Waals surface area contributed by atoms with Gasteiger partial charge in [-0.25, -0.2) is 9.97 Å². The average molecular weight is 699 g/mol. The van der Waals surface area contributed by atoms with Gasteiger partial charge in [0.05, 0.1) is 10.6 Å². The summed E-state index contributed by atoms with van der Waals surface area (Å²) in [7, 11) is 0. The Kier molecular flexibility index (Phi) is 12.8. The number of nitrogens with one attached hydrogen (secondary N) is 2. The summed E-state index contributed by atoms with van der Waals surface area (Å²) in [5.41, 5.74) is 3.74. The Balaban J connectivity index is 1.22. The van der Waals surface area contributed by atoms with E-state index in [1.54, 1.807) is 6.07 Å². The Hall–Kier alpha value is -3.66. The molecule has 2 heterocycles. The number of carbonyl (C=O) groups is 2. The quantitative estimate of drug-likeness (QED) is 0.142. The highest BCUT2D eigenvalue weighted by Gasteiger charge is 2.28. The van der Waals surface area contributed by atoms with Gasteiger partial charge < -0.3 is 20.8 Å². The maximum atomic E-state index is 13.2. The molecule has 3 aromatic rings. The van der Waals surface area contributed by atoms with E-state index in [0.29, 0.717) is 10.7 Å². The van der Waals surface area contributed by atoms with Crippen LogP contribution in [0.15, 0.2) is 67.1 Å². The summed E-state index contributed by atoms with van der Waals surface area (Å²) in [6, 6.07) is 10.3. The molecule has 5 rings (SSSR count). The van der Waals surface area contributed by atoms with E-state index in [9.17, 15) is 19.8 Å². The van der Waals surface area contributed by atoms with E-state index < -0.39 is 18.2 Å². The fourth-order valence-corrected chi connectivity index (χ4v) is 8.36. The maximum Gasteiger partial charge on any atom is 0.262 e. The van der Waals surface area contributed by atoms with Gasteiger partial charge in [0.25, 0.3) is 5.91 Å². The van der Waals surface area contributed by atoms with Crippen molar-refractivity contribution in [2.24, 2.45) is 17.8 Å². The van der Waals surface area contributed by atoms with Gasteiger partial charge in [-0.2, -0.15) is 0 Å². The number of hydrogen-bond donors (Lipinski definition) is 4. The number of allylic oxidation sites excluding steroid dienone is 2. The number of benzene rings is 1. The second-order valence-electron chi connectivity index (χ2n) is 15.2. The molecule has 9 heteroatoms. The zero-order valence-corrected chi connectivity index (χ0v) is 30.9. The monoisotopic (exact) mass is 698 g/mol. The number of carbonyl (C=O) groups excluding carboxylic acids is 2. The first kappa shape index (κ1) is 37.6. The van der Waals surface area contributed by atoms with Crippen molar-refractivity contribution in [3.63, 3.8) is 0 Å². The zero-order chi connectivity index (χ0) is 35.8. The second kappa shape index (κ2) is 17.0. The van der Waals surface area contributed by atoms with Crippen molar-refractivity contribution < 1.29 is 19.8 Å². The van der Waals surface area contributed by atoms with Gasteiger partial charge in [-0.15, -0.1) is 11.3 Å². The van der Waals surface area contributed by atoms with Crippen molar-refractivity contribution in [2.75, 3.05) is 0 Å². The molecule has 2 aliphatic carbocycles. The van der Waals surface area contributed by atoms with Crippen molar-refractivity contribution in [1.29, 1.82) is 0 Å². The van der Waals surface area contributed by atoms with Gasteiger partial charge in [-0.05, 0) is 85.0 Å². The van der Waals surface area contributed by atoms with Crippen LogP contribution in [0.1, 0.15) is 118 Å². The van der Waals surface area contributed by atoms with Crippen LogP contribution in [0.2, 0.25) is 0 Å². The summed E-state index contributed by atoms with van der Waals surface area (Å²) < 4.78 is 0. The second-order valence-corrected chi connectivity index (χ2v) is 16.3. The number of aromatic nitrogens is 2. The summed E-state index contributed by atoms with van der Waals surface area (Å²) in [5.74, 6) is 2.27. The van der Waals surface area contributed by atoms with Gasteiger partial charge in [0.2, 0.25) is 5.91 Å². The highest BCUT2D eigenvalue weighted by Crippen LogP contribution is 2.41. The van der Waals surface area contributed by atoms with Crippen molar-refractivity contribution in [2.45, 2.75) is 116 Å². The summed E-state index contributed by atoms with van der Waals surface area (Å²) >= 11 is 1.39. The summed E-state index contributed by atoms with van der Waals surface area (Å²) in [6.45, 7) is 12.1. The molecule has 0 radical (unpaired) electrons. The molecular weight excluding hydrogens is 645 g/mol. The minimum absolute atomic E-state index is 0.108. The van der Waals surface area contributed by atoms with Crippen LogP contribution in [0.5, 0.6) is 0 Å². The lowest BCUT2D eigenvalue weighted by molar-refractivity contribution is -0.123. The molecule has 2 aliphatic rings. The number of nitrogens with zero attached hydrogens (tertiary/aromatic N) is 2. The van der Waals surface area contributed by atoms with E-state index >= 15 is 0 Å². The molecule has 2 amide bonds. The summed E-state index contributed by atoms with van der Waals surface area (Å²) in [6.07, 6.45) is 17.7. The molecule has 50 heavy (non-hydrogen) atoms. The lowest BCUT2D eigenvalue weighted by Crippen LogP contribution is -2.48. The molecule has 2 aromatic heterocycles. The van der Waals surface area contributed by atoms with Gasteiger partial charge >= 0.3 is 0 Å². The smallest absolute Gasteiger partial charge is 0.262 e. The first-order chi connectivity index (χ1) is 23.9. The van der Waals surface area contributed by atoms with E-state index in [0.717, 1.165) is 52.2 Å². The molecule has 1 fully saturated rings. The van der Waals surface area contributed by atoms with Crippen LogP contribution < -0.4 is 10.6 Å². The van der Waals surface area contributed by atoms with Crippen molar-refractivity contribution >= 4 is 28.7 Å². The van der Waals surface area contributed by atoms with Crippen LogP contribution in [0.25, 0.3) is 17.0 Å². The van der Waals surface area contributed by atoms with E-state index in [-0.39, 0.29) is 23.4 Å². The topological polar surface area (TPSA) is 124 Å². The molecule has 1 saturated carbocycles. The largest absolute Gasteiger partial charge is 0.363 e. The third-order valence-electron chi connectivity index (χ3n) is 10.4. The fourth-order valence-electron chi connectivity index (χ4n) is 7.40. The first-order valence-corrected chi connectivity index (χ1v) is 19.1. The predicted molar refractivity (Wildman–Crippen MR) is 201 cm³/mol. The van der Waals surface area contributed by atoms with Crippen LogP contribution in [0.3, 0.4) is 0 Å². The normalized spacial score (nSPS) is 20.5. The Morgan fingerprint density at radius 3 is 2.28 bits per heavy atom. The minimum Gasteiger partial charge on any atom is -0.363 e. The standard InChI is InChI=1S/C41H54N4O4S/c1-6-8-27-11-15-31(16-12-27)29-9-7-10-30(20-19-29)33-24-42-37(43-25-33)32-17-13-28(14-18-32)23-34(38(46)44-26(2)40(48)49)45-39(47)35-21-22-36(50-35)41(3,4)5/h13-14,17-18,20-22,24-25,27,29,31,34,40,48-49H,2,6-12,15-16,19,23H2,1,3-5H3,(H,44,46)(H,45,47). The number of hydrogen-bond acceptors (Lipinski definition) is 7. The average Bonchev–Trinajstić information content (AvgIpc) is 3.49. The molecule has 268 valence electrons. The zero-order valence-electron chi connectivity index (χ0n) is 30.1. The molecule has 2 unspecified atom stereocenters. The van der Waals surface area contributed by atoms with Gasteiger partial charge in [0.15, 0.2) is 12.1 Å². The Bertz CT molecular complexity index is 1630. The molecule has 8 nitrogen and oxygen atoms in total. The van der Waals surface area contributed by atoms with Crippen molar-refractivity contribution in [3.8, 4) is 11.4 Å². The lowest BCUT2D eigenvalue weighted by Gasteiger charge is -2.33. The molecule has 0 spiro atoms. The number of aliphatic hydroxyl groups is 2. The number of aliphatic hydroxyl groups excluding tert-OH is 1. The Morgan fingerprint density at radius 1 is 0.960 bits per heavy atom. The van der Waals surface area contributed by atoms with E-state index in [1.165, 1.54) is 68.3 Å². The lowest BCUT2D eigenvalue weighted by atomic mass is 9.73. The van der Waals surface area contributed by atoms with Gasteiger partial charge in [0.1, 0.15) is 6.04 Å². The molecule has 2 atom stereocenters. The predicted octanol–water partition coefficient (Wildman–Crippen LogP) is 7.96. The molecule has 0 bridgehead atoms. The first-order valence-electron chi connectivity index (χ1n) is 18.3. The van der Waals surface area contributed by atoms with Crippen LogP contribution >= 0.6 is 11.3 Å². The number of thiophene rings is 1. The van der Waals surface area contributed by atoms with Crippen LogP contribution in [-0.2, 0) is 16.6 Å². The molecular formula is C41H54N4O4S. The van der Waals surface area contributed by atoms with Gasteiger partial charge in [0, 0.05) is 34.8 Å². The molecule has 0 aliphatic heterocycles. The summed E-state index contributed by atoms with van der Waals surface area (Å²) in [4.78, 5) is 37.4. The third kappa shape index (κ3) is 9.98. The minimum atomic E-state index is -1.91. The van der Waals surface area contributed by atoms with Crippen LogP contribution in [0, 0.1) is 17.8 Å². The maximum absolute atomic E-state index is 13.2. The van der Waals surface area contributed by atoms with Gasteiger partial charge in [-0.3, -0.25) is 9.59 Å².